The molecule has 15 heavy (non-hydrogen) atoms. The minimum atomic E-state index is -0.163. The van der Waals surface area contributed by atoms with E-state index in [1.807, 2.05) is 18.5 Å². The van der Waals surface area contributed by atoms with Crippen molar-refractivity contribution in [1.82, 2.24) is 14.8 Å². The largest absolute Gasteiger partial charge is 0.466 e. The van der Waals surface area contributed by atoms with Crippen LogP contribution in [0.15, 0.2) is 5.16 Å². The molecule has 0 atom stereocenters. The first-order valence-corrected chi connectivity index (χ1v) is 5.78. The van der Waals surface area contributed by atoms with Crippen molar-refractivity contribution < 1.29 is 9.53 Å². The van der Waals surface area contributed by atoms with Gasteiger partial charge in [-0.1, -0.05) is 11.8 Å². The molecular weight excluding hydrogens is 214 g/mol. The number of aromatic nitrogens is 3. The van der Waals surface area contributed by atoms with E-state index in [0.717, 1.165) is 11.0 Å². The summed E-state index contributed by atoms with van der Waals surface area (Å²) in [5.74, 6) is 1.38. The van der Waals surface area contributed by atoms with Gasteiger partial charge in [0.15, 0.2) is 5.16 Å². The summed E-state index contributed by atoms with van der Waals surface area (Å²) < 4.78 is 6.72. The van der Waals surface area contributed by atoms with Crippen LogP contribution in [0.5, 0.6) is 0 Å². The van der Waals surface area contributed by atoms with Gasteiger partial charge in [-0.2, -0.15) is 0 Å². The molecule has 1 aromatic heterocycles. The Bertz CT molecular complexity index is 338. The molecule has 0 bridgehead atoms. The number of esters is 1. The van der Waals surface area contributed by atoms with Gasteiger partial charge in [-0.3, -0.25) is 4.79 Å². The molecule has 1 aromatic rings. The minimum absolute atomic E-state index is 0.163. The van der Waals surface area contributed by atoms with Crippen molar-refractivity contribution in [1.29, 1.82) is 0 Å². The quantitative estimate of drug-likeness (QED) is 0.560. The normalized spacial score (nSPS) is 10.3. The van der Waals surface area contributed by atoms with E-state index < -0.39 is 0 Å². The predicted molar refractivity (Wildman–Crippen MR) is 57.7 cm³/mol. The molecule has 0 amide bonds. The Morgan fingerprint density at radius 1 is 1.53 bits per heavy atom. The summed E-state index contributed by atoms with van der Waals surface area (Å²) in [5, 5.41) is 8.74. The van der Waals surface area contributed by atoms with E-state index in [1.165, 1.54) is 11.8 Å². The van der Waals surface area contributed by atoms with Crippen LogP contribution in [0, 0.1) is 6.92 Å². The summed E-state index contributed by atoms with van der Waals surface area (Å²) in [5.41, 5.74) is 0. The van der Waals surface area contributed by atoms with Gasteiger partial charge >= 0.3 is 5.97 Å². The second kappa shape index (κ2) is 5.75. The fraction of sp³-hybridized carbons (Fsp3) is 0.667. The number of carbonyl (C=O) groups is 1. The average molecular weight is 229 g/mol. The highest BCUT2D eigenvalue weighted by molar-refractivity contribution is 7.99. The Morgan fingerprint density at radius 3 is 2.80 bits per heavy atom. The molecule has 0 aliphatic rings. The van der Waals surface area contributed by atoms with E-state index in [9.17, 15) is 4.79 Å². The lowest BCUT2D eigenvalue weighted by atomic mass is 10.5. The lowest BCUT2D eigenvalue weighted by molar-refractivity contribution is -0.142. The van der Waals surface area contributed by atoms with Crippen LogP contribution >= 0.6 is 11.8 Å². The first-order chi connectivity index (χ1) is 7.15. The van der Waals surface area contributed by atoms with E-state index in [-0.39, 0.29) is 5.97 Å². The number of hydrogen-bond donors (Lipinski definition) is 0. The molecule has 0 aliphatic carbocycles. The maximum Gasteiger partial charge on any atom is 0.306 e. The van der Waals surface area contributed by atoms with Crippen LogP contribution in [0.3, 0.4) is 0 Å². The number of aryl methyl sites for hydroxylation is 1. The van der Waals surface area contributed by atoms with E-state index >= 15 is 0 Å². The summed E-state index contributed by atoms with van der Waals surface area (Å²) in [4.78, 5) is 11.0. The maximum atomic E-state index is 11.0. The molecule has 0 spiro atoms. The number of hydrogen-bond acceptors (Lipinski definition) is 5. The van der Waals surface area contributed by atoms with Gasteiger partial charge in [-0.05, 0) is 13.8 Å². The van der Waals surface area contributed by atoms with Crippen LogP contribution in [-0.4, -0.2) is 33.1 Å². The zero-order valence-corrected chi connectivity index (χ0v) is 10.0. The summed E-state index contributed by atoms with van der Waals surface area (Å²) >= 11 is 1.51. The molecule has 0 saturated carbocycles. The molecule has 1 heterocycles. The van der Waals surface area contributed by atoms with Crippen molar-refractivity contribution in [3.8, 4) is 0 Å². The number of nitrogens with zero attached hydrogens (tertiary/aromatic N) is 3. The maximum absolute atomic E-state index is 11.0. The lowest BCUT2D eigenvalue weighted by Crippen LogP contribution is -2.05. The van der Waals surface area contributed by atoms with E-state index in [4.69, 9.17) is 4.74 Å². The molecule has 6 heteroatoms. The Hall–Kier alpha value is -1.04. The molecule has 0 radical (unpaired) electrons. The van der Waals surface area contributed by atoms with Crippen LogP contribution in [0.4, 0.5) is 0 Å². The van der Waals surface area contributed by atoms with Crippen molar-refractivity contribution >= 4 is 17.7 Å². The fourth-order valence-electron chi connectivity index (χ4n) is 0.972. The highest BCUT2D eigenvalue weighted by Gasteiger charge is 2.07. The van der Waals surface area contributed by atoms with Crippen molar-refractivity contribution in [2.45, 2.75) is 25.4 Å². The highest BCUT2D eigenvalue weighted by Crippen LogP contribution is 2.16. The van der Waals surface area contributed by atoms with Crippen LogP contribution in [-0.2, 0) is 16.6 Å². The van der Waals surface area contributed by atoms with Crippen LogP contribution in [0.25, 0.3) is 0 Å². The van der Waals surface area contributed by atoms with Gasteiger partial charge in [0.2, 0.25) is 0 Å². The number of rotatable bonds is 5. The summed E-state index contributed by atoms with van der Waals surface area (Å²) in [6.45, 7) is 4.13. The first-order valence-electron chi connectivity index (χ1n) is 4.79. The van der Waals surface area contributed by atoms with E-state index in [0.29, 0.717) is 18.8 Å². The van der Waals surface area contributed by atoms with Crippen LogP contribution in [0.2, 0.25) is 0 Å². The second-order valence-electron chi connectivity index (χ2n) is 2.99. The number of thioether (sulfide) groups is 1. The third-order valence-corrected chi connectivity index (χ3v) is 2.92. The summed E-state index contributed by atoms with van der Waals surface area (Å²) in [6, 6.07) is 0. The third kappa shape index (κ3) is 3.54. The lowest BCUT2D eigenvalue weighted by Gasteiger charge is -2.01. The minimum Gasteiger partial charge on any atom is -0.466 e. The Morgan fingerprint density at radius 2 is 2.27 bits per heavy atom. The van der Waals surface area contributed by atoms with Gasteiger partial charge in [-0.25, -0.2) is 0 Å². The molecule has 0 saturated heterocycles. The van der Waals surface area contributed by atoms with Gasteiger partial charge in [0, 0.05) is 12.8 Å². The Kier molecular flexibility index (Phi) is 4.61. The molecular formula is C9H15N3O2S. The zero-order chi connectivity index (χ0) is 11.3. The summed E-state index contributed by atoms with van der Waals surface area (Å²) in [6.07, 6.45) is 0.407. The van der Waals surface area contributed by atoms with Gasteiger partial charge in [0.25, 0.3) is 0 Å². The van der Waals surface area contributed by atoms with E-state index in [1.54, 1.807) is 6.92 Å². The van der Waals surface area contributed by atoms with Crippen LogP contribution < -0.4 is 0 Å². The monoisotopic (exact) mass is 229 g/mol. The van der Waals surface area contributed by atoms with Gasteiger partial charge in [-0.15, -0.1) is 10.2 Å². The van der Waals surface area contributed by atoms with E-state index in [2.05, 4.69) is 10.2 Å². The SMILES string of the molecule is CCOC(=O)CCSc1nnc(C)n1C. The van der Waals surface area contributed by atoms with Crippen LogP contribution in [0.1, 0.15) is 19.2 Å². The first kappa shape index (κ1) is 12.0. The fourth-order valence-corrected chi connectivity index (χ4v) is 1.85. The standard InChI is InChI=1S/C9H15N3O2S/c1-4-14-8(13)5-6-15-9-11-10-7(2)12(9)3/h4-6H2,1-3H3. The molecule has 1 rings (SSSR count). The van der Waals surface area contributed by atoms with Crippen molar-refractivity contribution in [3.63, 3.8) is 0 Å². The molecule has 84 valence electrons. The molecule has 0 N–H and O–H groups in total. The zero-order valence-electron chi connectivity index (χ0n) is 9.19. The average Bonchev–Trinajstić information content (AvgIpc) is 2.50. The second-order valence-corrected chi connectivity index (χ2v) is 4.05. The molecule has 0 fully saturated rings. The Balaban J connectivity index is 2.32. The summed E-state index contributed by atoms with van der Waals surface area (Å²) in [7, 11) is 1.90. The van der Waals surface area contributed by atoms with Gasteiger partial charge in [0.05, 0.1) is 13.0 Å². The van der Waals surface area contributed by atoms with Gasteiger partial charge < -0.3 is 9.30 Å². The highest BCUT2D eigenvalue weighted by atomic mass is 32.2. The molecule has 0 unspecified atom stereocenters. The smallest absolute Gasteiger partial charge is 0.306 e. The van der Waals surface area contributed by atoms with Crippen molar-refractivity contribution in [2.24, 2.45) is 7.05 Å². The third-order valence-electron chi connectivity index (χ3n) is 1.90. The van der Waals surface area contributed by atoms with Gasteiger partial charge in [0.1, 0.15) is 5.82 Å². The van der Waals surface area contributed by atoms with Crippen molar-refractivity contribution in [2.75, 3.05) is 12.4 Å². The predicted octanol–water partition coefficient (Wildman–Crippen LogP) is 1.17. The number of carbonyl (C=O) groups excluding carboxylic acids is 1. The topological polar surface area (TPSA) is 57.0 Å². The molecule has 0 aromatic carbocycles. The molecule has 5 nitrogen and oxygen atoms in total. The molecule has 0 aliphatic heterocycles. The number of ether oxygens (including phenoxy) is 1. The van der Waals surface area contributed by atoms with Crippen molar-refractivity contribution in [3.05, 3.63) is 5.82 Å². The Labute approximate surface area is 93.2 Å².